The summed E-state index contributed by atoms with van der Waals surface area (Å²) in [6.07, 6.45) is 4.63. The van der Waals surface area contributed by atoms with E-state index in [4.69, 9.17) is 11.6 Å². The Morgan fingerprint density at radius 1 is 1.17 bits per heavy atom. The first-order valence-corrected chi connectivity index (χ1v) is 11.0. The number of amides is 2. The number of piperidine rings is 1. The van der Waals surface area contributed by atoms with Crippen LogP contribution in [0.1, 0.15) is 38.4 Å². The summed E-state index contributed by atoms with van der Waals surface area (Å²) in [5.74, 6) is -0.160. The number of carbonyl (C=O) groups is 2. The summed E-state index contributed by atoms with van der Waals surface area (Å²) in [6.45, 7) is 1.71. The summed E-state index contributed by atoms with van der Waals surface area (Å²) in [4.78, 5) is 35.7. The Morgan fingerprint density at radius 2 is 1.93 bits per heavy atom. The second-order valence-corrected chi connectivity index (χ2v) is 8.63. The Hall–Kier alpha value is -2.77. The van der Waals surface area contributed by atoms with E-state index in [2.05, 4.69) is 27.4 Å². The Balaban J connectivity index is 1.49. The monoisotopic (exact) mass is 440 g/mol. The third-order valence-corrected chi connectivity index (χ3v) is 6.59. The van der Waals surface area contributed by atoms with E-state index in [9.17, 15) is 9.59 Å². The summed E-state index contributed by atoms with van der Waals surface area (Å²) < 4.78 is 0. The van der Waals surface area contributed by atoms with Gasteiger partial charge in [-0.05, 0) is 30.5 Å². The van der Waals surface area contributed by atoms with E-state index in [1.54, 1.807) is 30.0 Å². The second kappa shape index (κ2) is 8.93. The molecule has 8 heteroatoms. The van der Waals surface area contributed by atoms with Crippen molar-refractivity contribution in [2.75, 3.05) is 19.6 Å². The summed E-state index contributed by atoms with van der Waals surface area (Å²) >= 11 is 7.26. The van der Waals surface area contributed by atoms with Crippen molar-refractivity contribution in [3.05, 3.63) is 81.5 Å². The van der Waals surface area contributed by atoms with E-state index in [1.165, 1.54) is 16.9 Å². The number of aromatic nitrogens is 2. The summed E-state index contributed by atoms with van der Waals surface area (Å²) in [6, 6.07) is 13.5. The molecule has 0 bridgehead atoms. The molecule has 0 saturated carbocycles. The van der Waals surface area contributed by atoms with Crippen LogP contribution < -0.4 is 5.32 Å². The molecule has 1 saturated heterocycles. The lowest BCUT2D eigenvalue weighted by Crippen LogP contribution is -2.50. The highest BCUT2D eigenvalue weighted by Crippen LogP contribution is 2.35. The van der Waals surface area contributed by atoms with Gasteiger partial charge in [-0.25, -0.2) is 4.98 Å². The number of nitrogens with zero attached hydrogens (tertiary/aromatic N) is 3. The quantitative estimate of drug-likeness (QED) is 0.612. The van der Waals surface area contributed by atoms with Crippen molar-refractivity contribution in [1.82, 2.24) is 20.2 Å². The van der Waals surface area contributed by atoms with Gasteiger partial charge in [0.15, 0.2) is 0 Å². The summed E-state index contributed by atoms with van der Waals surface area (Å²) in [5, 5.41) is 3.39. The van der Waals surface area contributed by atoms with Crippen LogP contribution in [-0.2, 0) is 5.41 Å². The van der Waals surface area contributed by atoms with Crippen LogP contribution in [0.15, 0.2) is 60.4 Å². The maximum Gasteiger partial charge on any atom is 0.263 e. The van der Waals surface area contributed by atoms with E-state index in [0.29, 0.717) is 35.2 Å². The van der Waals surface area contributed by atoms with Crippen molar-refractivity contribution in [3.8, 4) is 0 Å². The van der Waals surface area contributed by atoms with Gasteiger partial charge in [-0.1, -0.05) is 41.9 Å². The third kappa shape index (κ3) is 4.37. The lowest BCUT2D eigenvalue weighted by Gasteiger charge is -2.42. The molecule has 2 amide bonds. The molecule has 1 aliphatic rings. The van der Waals surface area contributed by atoms with E-state index in [-0.39, 0.29) is 17.2 Å². The number of hydrogen-bond donors (Lipinski definition) is 1. The highest BCUT2D eigenvalue weighted by atomic mass is 35.5. The topological polar surface area (TPSA) is 75.2 Å². The number of halogens is 1. The fourth-order valence-corrected chi connectivity index (χ4v) is 4.59. The van der Waals surface area contributed by atoms with Crippen LogP contribution in [0.25, 0.3) is 0 Å². The fourth-order valence-electron chi connectivity index (χ4n) is 3.88. The Bertz CT molecular complexity index is 1020. The number of likely N-dealkylation sites (tertiary alicyclic amines) is 1. The normalized spacial score (nSPS) is 15.6. The molecule has 1 aromatic carbocycles. The lowest BCUT2D eigenvalue weighted by atomic mass is 9.72. The highest BCUT2D eigenvalue weighted by molar-refractivity contribution is 7.11. The van der Waals surface area contributed by atoms with Gasteiger partial charge in [-0.15, -0.1) is 11.3 Å². The zero-order valence-corrected chi connectivity index (χ0v) is 17.8. The molecular weight excluding hydrogens is 420 g/mol. The van der Waals surface area contributed by atoms with E-state index in [0.717, 1.165) is 12.8 Å². The van der Waals surface area contributed by atoms with Gasteiger partial charge in [-0.2, -0.15) is 0 Å². The Labute approximate surface area is 183 Å². The van der Waals surface area contributed by atoms with Crippen molar-refractivity contribution >= 4 is 34.8 Å². The summed E-state index contributed by atoms with van der Waals surface area (Å²) in [7, 11) is 0. The van der Waals surface area contributed by atoms with Crippen molar-refractivity contribution in [2.45, 2.75) is 18.3 Å². The third-order valence-electron chi connectivity index (χ3n) is 5.61. The zero-order valence-electron chi connectivity index (χ0n) is 16.3. The van der Waals surface area contributed by atoms with Crippen molar-refractivity contribution in [2.24, 2.45) is 0 Å². The molecule has 154 valence electrons. The molecule has 0 atom stereocenters. The zero-order chi connectivity index (χ0) is 21.0. The minimum atomic E-state index is -0.228. The number of pyridine rings is 1. The first kappa shape index (κ1) is 20.5. The van der Waals surface area contributed by atoms with Gasteiger partial charge in [0.05, 0.1) is 11.7 Å². The maximum absolute atomic E-state index is 12.9. The first-order valence-electron chi connectivity index (χ1n) is 9.70. The van der Waals surface area contributed by atoms with Gasteiger partial charge in [0, 0.05) is 36.8 Å². The smallest absolute Gasteiger partial charge is 0.263 e. The van der Waals surface area contributed by atoms with Crippen LogP contribution in [0.3, 0.4) is 0 Å². The number of benzene rings is 1. The van der Waals surface area contributed by atoms with Crippen LogP contribution in [0.2, 0.25) is 5.15 Å². The molecule has 1 aliphatic heterocycles. The molecule has 3 aromatic rings. The van der Waals surface area contributed by atoms with E-state index in [1.807, 2.05) is 23.1 Å². The lowest BCUT2D eigenvalue weighted by molar-refractivity contribution is 0.0656. The molecule has 6 nitrogen and oxygen atoms in total. The molecule has 0 aliphatic carbocycles. The van der Waals surface area contributed by atoms with Gasteiger partial charge in [-0.3, -0.25) is 14.6 Å². The van der Waals surface area contributed by atoms with Crippen molar-refractivity contribution in [3.63, 3.8) is 0 Å². The average Bonchev–Trinajstić information content (AvgIpc) is 3.33. The molecule has 4 rings (SSSR count). The van der Waals surface area contributed by atoms with Crippen LogP contribution in [0.5, 0.6) is 0 Å². The van der Waals surface area contributed by atoms with Gasteiger partial charge < -0.3 is 10.2 Å². The molecule has 0 radical (unpaired) electrons. The molecule has 0 unspecified atom stereocenters. The van der Waals surface area contributed by atoms with Crippen LogP contribution in [-0.4, -0.2) is 46.3 Å². The molecule has 1 N–H and O–H groups in total. The molecule has 3 heterocycles. The standard InChI is InChI=1S/C22H21ClN4O2S/c23-19-12-16(6-9-25-19)21(29)27-10-7-22(8-11-27,17-4-2-1-3-5-17)14-26-20(28)18-13-24-15-30-18/h1-6,9,12-13,15H,7-8,10-11,14H2,(H,26,28). The molecule has 30 heavy (non-hydrogen) atoms. The van der Waals surface area contributed by atoms with Gasteiger partial charge in [0.25, 0.3) is 11.8 Å². The highest BCUT2D eigenvalue weighted by Gasteiger charge is 2.38. The Morgan fingerprint density at radius 3 is 2.60 bits per heavy atom. The minimum Gasteiger partial charge on any atom is -0.350 e. The fraction of sp³-hybridized carbons (Fsp3) is 0.273. The Kier molecular flexibility index (Phi) is 6.11. The van der Waals surface area contributed by atoms with Crippen molar-refractivity contribution in [1.29, 1.82) is 0 Å². The SMILES string of the molecule is O=C(NCC1(c2ccccc2)CCN(C(=O)c2ccnc(Cl)c2)CC1)c1cncs1. The minimum absolute atomic E-state index is 0.0466. The van der Waals surface area contributed by atoms with Crippen LogP contribution in [0, 0.1) is 0 Å². The summed E-state index contributed by atoms with van der Waals surface area (Å²) in [5.41, 5.74) is 3.14. The van der Waals surface area contributed by atoms with Gasteiger partial charge >= 0.3 is 0 Å². The number of hydrogen-bond acceptors (Lipinski definition) is 5. The predicted molar refractivity (Wildman–Crippen MR) is 117 cm³/mol. The van der Waals surface area contributed by atoms with Gasteiger partial charge in [0.2, 0.25) is 0 Å². The molecule has 0 spiro atoms. The van der Waals surface area contributed by atoms with E-state index < -0.39 is 0 Å². The number of nitrogens with one attached hydrogen (secondary N) is 1. The second-order valence-electron chi connectivity index (χ2n) is 7.35. The molecule has 1 fully saturated rings. The number of carbonyl (C=O) groups excluding carboxylic acids is 2. The largest absolute Gasteiger partial charge is 0.350 e. The average molecular weight is 441 g/mol. The van der Waals surface area contributed by atoms with Crippen LogP contribution in [0.4, 0.5) is 0 Å². The molecular formula is C22H21ClN4O2S. The van der Waals surface area contributed by atoms with E-state index >= 15 is 0 Å². The number of rotatable bonds is 5. The van der Waals surface area contributed by atoms with Crippen LogP contribution >= 0.6 is 22.9 Å². The molecule has 2 aromatic heterocycles. The van der Waals surface area contributed by atoms with Gasteiger partial charge in [0.1, 0.15) is 10.0 Å². The maximum atomic E-state index is 12.9. The predicted octanol–water partition coefficient (Wildman–Crippen LogP) is 3.80. The number of thiazole rings is 1. The van der Waals surface area contributed by atoms with Crippen molar-refractivity contribution < 1.29 is 9.59 Å². The first-order chi connectivity index (χ1) is 14.6.